The summed E-state index contributed by atoms with van der Waals surface area (Å²) in [6.07, 6.45) is 0.783. The summed E-state index contributed by atoms with van der Waals surface area (Å²) in [6, 6.07) is 9.74. The summed E-state index contributed by atoms with van der Waals surface area (Å²) in [4.78, 5) is 23.4. The number of aliphatic hydroxyl groups is 1. The number of hydrogen-bond acceptors (Lipinski definition) is 6. The quantitative estimate of drug-likeness (QED) is 0.363. The third kappa shape index (κ3) is 4.63. The van der Waals surface area contributed by atoms with Crippen molar-refractivity contribution in [3.05, 3.63) is 57.6 Å². The summed E-state index contributed by atoms with van der Waals surface area (Å²) < 4.78 is 11.4. The number of nitrogens with one attached hydrogen (secondary N) is 1. The molecule has 1 radical (unpaired) electrons. The van der Waals surface area contributed by atoms with Gasteiger partial charge in [0.25, 0.3) is 0 Å². The Bertz CT molecular complexity index is 885. The SMILES string of the molecule is CC[C@@H](CO)[As]c1ccc([N+](=O)[O-])cc1C(=O)NCc1ccc2c(c1)OCO2. The number of carbonyl (C=O) groups excluding carboxylic acids is 1. The van der Waals surface area contributed by atoms with Crippen LogP contribution in [0.25, 0.3) is 0 Å². The zero-order valence-electron chi connectivity index (χ0n) is 15.3. The van der Waals surface area contributed by atoms with E-state index in [1.54, 1.807) is 18.2 Å². The maximum absolute atomic E-state index is 12.8. The van der Waals surface area contributed by atoms with E-state index in [1.165, 1.54) is 12.1 Å². The van der Waals surface area contributed by atoms with Crippen LogP contribution in [-0.2, 0) is 6.54 Å². The summed E-state index contributed by atoms with van der Waals surface area (Å²) in [5.41, 5.74) is 0.997. The fourth-order valence-electron chi connectivity index (χ4n) is 2.72. The first-order valence-electron chi connectivity index (χ1n) is 8.78. The third-order valence-corrected chi connectivity index (χ3v) is 7.61. The van der Waals surface area contributed by atoms with Crippen LogP contribution in [0, 0.1) is 10.1 Å². The second-order valence-electron chi connectivity index (χ2n) is 6.20. The number of nitro groups is 1. The molecule has 0 unspecified atom stereocenters. The van der Waals surface area contributed by atoms with Crippen molar-refractivity contribution >= 4 is 31.7 Å². The molecule has 1 aliphatic heterocycles. The molecule has 0 aromatic heterocycles. The molecule has 28 heavy (non-hydrogen) atoms. The van der Waals surface area contributed by atoms with Crippen LogP contribution in [0.4, 0.5) is 5.69 Å². The molecule has 0 saturated heterocycles. The average molecular weight is 447 g/mol. The minimum atomic E-state index is -0.516. The summed E-state index contributed by atoms with van der Waals surface area (Å²) in [5.74, 6) is 0.913. The van der Waals surface area contributed by atoms with Crippen LogP contribution in [-0.4, -0.2) is 45.1 Å². The Kier molecular flexibility index (Phi) is 6.54. The second kappa shape index (κ2) is 9.08. The maximum atomic E-state index is 12.8. The second-order valence-corrected chi connectivity index (χ2v) is 9.29. The van der Waals surface area contributed by atoms with Gasteiger partial charge >= 0.3 is 168 Å². The molecule has 0 bridgehead atoms. The first-order chi connectivity index (χ1) is 13.5. The molecule has 8 nitrogen and oxygen atoms in total. The van der Waals surface area contributed by atoms with Gasteiger partial charge in [0.15, 0.2) is 0 Å². The third-order valence-electron chi connectivity index (χ3n) is 4.33. The van der Waals surface area contributed by atoms with Crippen molar-refractivity contribution in [3.63, 3.8) is 0 Å². The van der Waals surface area contributed by atoms with E-state index in [0.29, 0.717) is 17.1 Å². The number of ether oxygens (including phenoxy) is 2. The predicted molar refractivity (Wildman–Crippen MR) is 103 cm³/mol. The number of benzene rings is 2. The normalized spacial score (nSPS) is 13.6. The molecular formula is C19H20AsN2O6. The van der Waals surface area contributed by atoms with Crippen LogP contribution in [0.5, 0.6) is 11.5 Å². The first kappa shape index (κ1) is 20.2. The van der Waals surface area contributed by atoms with Gasteiger partial charge in [-0.2, -0.15) is 0 Å². The fraction of sp³-hybridized carbons (Fsp3) is 0.316. The summed E-state index contributed by atoms with van der Waals surface area (Å²) >= 11 is -0.500. The van der Waals surface area contributed by atoms with Gasteiger partial charge in [-0.3, -0.25) is 0 Å². The van der Waals surface area contributed by atoms with Crippen molar-refractivity contribution in [2.45, 2.75) is 24.6 Å². The summed E-state index contributed by atoms with van der Waals surface area (Å²) in [7, 11) is 0. The summed E-state index contributed by atoms with van der Waals surface area (Å²) in [6.45, 7) is 2.44. The Labute approximate surface area is 168 Å². The van der Waals surface area contributed by atoms with Crippen LogP contribution in [0.2, 0.25) is 4.71 Å². The average Bonchev–Trinajstić information content (AvgIpc) is 3.18. The number of aliphatic hydroxyl groups excluding tert-OH is 1. The number of amides is 1. The van der Waals surface area contributed by atoms with Gasteiger partial charge in [-0.25, -0.2) is 0 Å². The molecule has 2 aromatic rings. The number of carbonyl (C=O) groups is 1. The van der Waals surface area contributed by atoms with E-state index in [1.807, 2.05) is 13.0 Å². The molecule has 1 aliphatic rings. The molecule has 0 aliphatic carbocycles. The number of fused-ring (bicyclic) bond motifs is 1. The van der Waals surface area contributed by atoms with Crippen molar-refractivity contribution in [3.8, 4) is 11.5 Å². The van der Waals surface area contributed by atoms with E-state index in [2.05, 4.69) is 5.32 Å². The zero-order chi connectivity index (χ0) is 20.1. The van der Waals surface area contributed by atoms with E-state index in [4.69, 9.17) is 9.47 Å². The van der Waals surface area contributed by atoms with E-state index in [9.17, 15) is 20.0 Å². The number of nitro benzene ring substituents is 1. The van der Waals surface area contributed by atoms with E-state index < -0.39 is 20.7 Å². The van der Waals surface area contributed by atoms with E-state index in [0.717, 1.165) is 16.3 Å². The molecule has 0 saturated carbocycles. The molecule has 147 valence electrons. The van der Waals surface area contributed by atoms with Crippen molar-refractivity contribution in [1.82, 2.24) is 5.32 Å². The molecule has 3 rings (SSSR count). The molecule has 2 aromatic carbocycles. The molecule has 2 N–H and O–H groups in total. The minimum absolute atomic E-state index is 0.0335. The topological polar surface area (TPSA) is 111 Å². The molecule has 1 amide bonds. The molecule has 1 heterocycles. The molecule has 1 atom stereocenters. The molecular weight excluding hydrogens is 427 g/mol. The monoisotopic (exact) mass is 447 g/mol. The molecule has 9 heteroatoms. The number of hydrogen-bond donors (Lipinski definition) is 2. The van der Waals surface area contributed by atoms with Crippen LogP contribution < -0.4 is 19.1 Å². The van der Waals surface area contributed by atoms with Crippen LogP contribution in [0.3, 0.4) is 0 Å². The zero-order valence-corrected chi connectivity index (χ0v) is 17.1. The number of rotatable bonds is 8. The number of nitrogens with zero attached hydrogens (tertiary/aromatic N) is 1. The molecule has 0 fully saturated rings. The Morgan fingerprint density at radius 1 is 1.29 bits per heavy atom. The standard InChI is InChI=1S/C19H20AsN2O6/c1-2-13(10-23)20-16-5-4-14(22(25)26)8-15(16)19(24)21-9-12-3-6-17-18(7-12)28-11-27-17/h3-8,13,23H,2,9-11H2,1H3,(H,21,24)/t13-/m0/s1. The van der Waals surface area contributed by atoms with Gasteiger partial charge in [-0.05, 0) is 0 Å². The van der Waals surface area contributed by atoms with Crippen LogP contribution in [0.1, 0.15) is 29.3 Å². The first-order valence-corrected chi connectivity index (χ1v) is 10.8. The van der Waals surface area contributed by atoms with E-state index in [-0.39, 0.29) is 36.2 Å². The van der Waals surface area contributed by atoms with Crippen molar-refractivity contribution in [2.24, 2.45) is 0 Å². The fourth-order valence-corrected chi connectivity index (χ4v) is 5.08. The van der Waals surface area contributed by atoms with Crippen molar-refractivity contribution < 1.29 is 24.3 Å². The Balaban J connectivity index is 1.78. The van der Waals surface area contributed by atoms with Gasteiger partial charge in [0, 0.05) is 0 Å². The molecule has 0 spiro atoms. The van der Waals surface area contributed by atoms with Gasteiger partial charge < -0.3 is 0 Å². The van der Waals surface area contributed by atoms with Crippen molar-refractivity contribution in [2.75, 3.05) is 13.4 Å². The van der Waals surface area contributed by atoms with Gasteiger partial charge in [0.1, 0.15) is 0 Å². The van der Waals surface area contributed by atoms with Gasteiger partial charge in [0.2, 0.25) is 0 Å². The predicted octanol–water partition coefficient (Wildman–Crippen LogP) is 1.77. The Morgan fingerprint density at radius 3 is 2.79 bits per heavy atom. The van der Waals surface area contributed by atoms with Crippen LogP contribution >= 0.6 is 0 Å². The van der Waals surface area contributed by atoms with Gasteiger partial charge in [0.05, 0.1) is 0 Å². The Morgan fingerprint density at radius 2 is 2.07 bits per heavy atom. The van der Waals surface area contributed by atoms with Gasteiger partial charge in [-0.15, -0.1) is 0 Å². The van der Waals surface area contributed by atoms with Gasteiger partial charge in [-0.1, -0.05) is 0 Å². The number of non-ortho nitro benzene ring substituents is 1. The van der Waals surface area contributed by atoms with E-state index >= 15 is 0 Å². The Hall–Kier alpha value is -2.57. The summed E-state index contributed by atoms with van der Waals surface area (Å²) in [5, 5.41) is 23.4. The van der Waals surface area contributed by atoms with Crippen molar-refractivity contribution in [1.29, 1.82) is 0 Å². The van der Waals surface area contributed by atoms with Crippen LogP contribution in [0.15, 0.2) is 36.4 Å².